The molecule has 0 aromatic rings. The maximum Gasteiger partial charge on any atom is 0.241 e. The average Bonchev–Trinajstić information content (AvgIpc) is 3.06. The van der Waals surface area contributed by atoms with E-state index in [2.05, 4.69) is 11.4 Å². The number of rotatable bonds is 1. The van der Waals surface area contributed by atoms with E-state index in [-0.39, 0.29) is 22.9 Å². The van der Waals surface area contributed by atoms with Crippen LogP contribution >= 0.6 is 11.8 Å². The lowest BCUT2D eigenvalue weighted by molar-refractivity contribution is -0.133. The summed E-state index contributed by atoms with van der Waals surface area (Å²) in [5.41, 5.74) is 0. The summed E-state index contributed by atoms with van der Waals surface area (Å²) in [7, 11) is 0. The first kappa shape index (κ1) is 13.3. The number of carbonyl (C=O) groups excluding carboxylic acids is 1. The van der Waals surface area contributed by atoms with Crippen LogP contribution in [-0.4, -0.2) is 40.1 Å². The molecule has 5 heteroatoms. The molecule has 1 amide bonds. The Morgan fingerprint density at radius 1 is 1.32 bits per heavy atom. The topological polar surface area (TPSA) is 56.1 Å². The predicted octanol–water partition coefficient (Wildman–Crippen LogP) is 1.87. The van der Waals surface area contributed by atoms with E-state index < -0.39 is 0 Å². The second-order valence-electron chi connectivity index (χ2n) is 5.88. The molecule has 2 atom stereocenters. The van der Waals surface area contributed by atoms with Crippen LogP contribution in [0.15, 0.2) is 0 Å². The molecule has 1 spiro atoms. The van der Waals surface area contributed by atoms with Crippen LogP contribution in [0.2, 0.25) is 0 Å². The number of hydrogen-bond donors (Lipinski definition) is 1. The van der Waals surface area contributed by atoms with Gasteiger partial charge in [-0.2, -0.15) is 5.26 Å². The number of nitrogens with one attached hydrogen (secondary N) is 1. The fraction of sp³-hybridized carbons (Fsp3) is 0.857. The number of amides is 1. The van der Waals surface area contributed by atoms with Crippen molar-refractivity contribution in [1.82, 2.24) is 10.2 Å². The maximum absolute atomic E-state index is 12.5. The molecular formula is C14H21N3OS. The molecule has 2 saturated heterocycles. The normalized spacial score (nSPS) is 33.5. The number of thioether (sulfide) groups is 1. The predicted molar refractivity (Wildman–Crippen MR) is 75.5 cm³/mol. The second-order valence-corrected chi connectivity index (χ2v) is 7.29. The fourth-order valence-corrected chi connectivity index (χ4v) is 5.07. The zero-order chi connectivity index (χ0) is 13.3. The molecule has 1 aliphatic carbocycles. The van der Waals surface area contributed by atoms with Gasteiger partial charge in [-0.1, -0.05) is 19.3 Å². The highest BCUT2D eigenvalue weighted by Crippen LogP contribution is 2.42. The summed E-state index contributed by atoms with van der Waals surface area (Å²) >= 11 is 1.93. The lowest BCUT2D eigenvalue weighted by Gasteiger charge is -2.33. The van der Waals surface area contributed by atoms with Crippen molar-refractivity contribution in [2.24, 2.45) is 0 Å². The molecule has 1 saturated carbocycles. The molecule has 3 rings (SSSR count). The minimum atomic E-state index is -0.192. The van der Waals surface area contributed by atoms with E-state index in [9.17, 15) is 4.79 Å². The average molecular weight is 279 g/mol. The molecule has 1 N–H and O–H groups in total. The van der Waals surface area contributed by atoms with Gasteiger partial charge in [0.15, 0.2) is 0 Å². The van der Waals surface area contributed by atoms with Crippen molar-refractivity contribution in [2.45, 2.75) is 61.9 Å². The Bertz CT molecular complexity index is 400. The van der Waals surface area contributed by atoms with E-state index >= 15 is 0 Å². The van der Waals surface area contributed by atoms with E-state index in [0.717, 1.165) is 25.1 Å². The summed E-state index contributed by atoms with van der Waals surface area (Å²) in [6, 6.07) is 2.00. The molecule has 3 fully saturated rings. The molecule has 0 radical (unpaired) electrons. The third kappa shape index (κ3) is 2.48. The van der Waals surface area contributed by atoms with Crippen LogP contribution in [-0.2, 0) is 4.79 Å². The van der Waals surface area contributed by atoms with Crippen LogP contribution in [0, 0.1) is 11.3 Å². The maximum atomic E-state index is 12.5. The SMILES string of the molecule is N#C[C@@H]1CCCN1C(=O)[C@@H]1CSC2(CCCCC2)N1. The molecule has 2 aliphatic heterocycles. The van der Waals surface area contributed by atoms with Crippen LogP contribution in [0.4, 0.5) is 0 Å². The molecule has 2 heterocycles. The van der Waals surface area contributed by atoms with Gasteiger partial charge in [-0.25, -0.2) is 0 Å². The summed E-state index contributed by atoms with van der Waals surface area (Å²) in [6.45, 7) is 0.757. The smallest absolute Gasteiger partial charge is 0.241 e. The van der Waals surface area contributed by atoms with Gasteiger partial charge >= 0.3 is 0 Å². The lowest BCUT2D eigenvalue weighted by atomic mass is 9.94. The van der Waals surface area contributed by atoms with E-state index in [1.807, 2.05) is 11.8 Å². The standard InChI is InChI=1S/C14H21N3OS/c15-9-11-5-4-8-17(11)13(18)12-10-19-14(16-12)6-2-1-3-7-14/h11-12,16H,1-8,10H2/t11-,12-/m0/s1. The molecule has 0 bridgehead atoms. The third-order valence-electron chi connectivity index (χ3n) is 4.61. The summed E-state index contributed by atoms with van der Waals surface area (Å²) in [4.78, 5) is 14.5. The monoisotopic (exact) mass is 279 g/mol. The highest BCUT2D eigenvalue weighted by molar-refractivity contribution is 8.00. The summed E-state index contributed by atoms with van der Waals surface area (Å²) in [5, 5.41) is 12.7. The number of hydrogen-bond acceptors (Lipinski definition) is 4. The Morgan fingerprint density at radius 3 is 2.84 bits per heavy atom. The van der Waals surface area contributed by atoms with Crippen molar-refractivity contribution in [1.29, 1.82) is 5.26 Å². The summed E-state index contributed by atoms with van der Waals surface area (Å²) in [6.07, 6.45) is 8.04. The molecule has 0 aromatic carbocycles. The number of likely N-dealkylation sites (tertiary alicyclic amines) is 1. The molecule has 19 heavy (non-hydrogen) atoms. The Labute approximate surface area is 118 Å². The minimum absolute atomic E-state index is 0.0722. The van der Waals surface area contributed by atoms with Crippen molar-refractivity contribution >= 4 is 17.7 Å². The Balaban J connectivity index is 1.64. The van der Waals surface area contributed by atoms with E-state index in [0.29, 0.717) is 0 Å². The van der Waals surface area contributed by atoms with E-state index in [4.69, 9.17) is 5.26 Å². The Kier molecular flexibility index (Phi) is 3.72. The van der Waals surface area contributed by atoms with Crippen LogP contribution in [0.5, 0.6) is 0 Å². The molecular weight excluding hydrogens is 258 g/mol. The second kappa shape index (κ2) is 5.34. The van der Waals surface area contributed by atoms with Gasteiger partial charge < -0.3 is 4.90 Å². The van der Waals surface area contributed by atoms with E-state index in [1.165, 1.54) is 32.1 Å². The molecule has 0 unspecified atom stereocenters. The Morgan fingerprint density at radius 2 is 2.11 bits per heavy atom. The van der Waals surface area contributed by atoms with Crippen molar-refractivity contribution in [3.63, 3.8) is 0 Å². The number of carbonyl (C=O) groups is 1. The van der Waals surface area contributed by atoms with Gasteiger partial charge in [-0.3, -0.25) is 10.1 Å². The highest BCUT2D eigenvalue weighted by Gasteiger charge is 2.44. The van der Waals surface area contributed by atoms with Gasteiger partial charge in [0.25, 0.3) is 0 Å². The first-order chi connectivity index (χ1) is 9.24. The van der Waals surface area contributed by atoms with Gasteiger partial charge in [-0.05, 0) is 25.7 Å². The van der Waals surface area contributed by atoms with Gasteiger partial charge in [0, 0.05) is 12.3 Å². The summed E-state index contributed by atoms with van der Waals surface area (Å²) in [5.74, 6) is 1.02. The van der Waals surface area contributed by atoms with Gasteiger partial charge in [0.2, 0.25) is 5.91 Å². The number of nitrogens with zero attached hydrogens (tertiary/aromatic N) is 2. The highest BCUT2D eigenvalue weighted by atomic mass is 32.2. The van der Waals surface area contributed by atoms with Crippen LogP contribution < -0.4 is 5.32 Å². The Hall–Kier alpha value is -0.730. The molecule has 104 valence electrons. The first-order valence-electron chi connectivity index (χ1n) is 7.36. The summed E-state index contributed by atoms with van der Waals surface area (Å²) < 4.78 is 0. The fourth-order valence-electron chi connectivity index (χ4n) is 3.55. The zero-order valence-electron chi connectivity index (χ0n) is 11.2. The van der Waals surface area contributed by atoms with Gasteiger partial charge in [-0.15, -0.1) is 11.8 Å². The minimum Gasteiger partial charge on any atom is -0.325 e. The largest absolute Gasteiger partial charge is 0.325 e. The first-order valence-corrected chi connectivity index (χ1v) is 8.34. The molecule has 0 aromatic heterocycles. The van der Waals surface area contributed by atoms with Crippen molar-refractivity contribution in [2.75, 3.05) is 12.3 Å². The van der Waals surface area contributed by atoms with Gasteiger partial charge in [0.05, 0.1) is 17.0 Å². The van der Waals surface area contributed by atoms with Crippen molar-refractivity contribution in [3.05, 3.63) is 0 Å². The van der Waals surface area contributed by atoms with Crippen molar-refractivity contribution in [3.8, 4) is 6.07 Å². The third-order valence-corrected chi connectivity index (χ3v) is 6.19. The van der Waals surface area contributed by atoms with Crippen LogP contribution in [0.25, 0.3) is 0 Å². The van der Waals surface area contributed by atoms with Gasteiger partial charge in [0.1, 0.15) is 6.04 Å². The van der Waals surface area contributed by atoms with Crippen LogP contribution in [0.1, 0.15) is 44.9 Å². The van der Waals surface area contributed by atoms with E-state index in [1.54, 1.807) is 4.90 Å². The molecule has 3 aliphatic rings. The zero-order valence-corrected chi connectivity index (χ0v) is 12.0. The lowest BCUT2D eigenvalue weighted by Crippen LogP contribution is -2.51. The molecule has 4 nitrogen and oxygen atoms in total. The number of nitriles is 1. The van der Waals surface area contributed by atoms with Crippen LogP contribution in [0.3, 0.4) is 0 Å². The quantitative estimate of drug-likeness (QED) is 0.796. The van der Waals surface area contributed by atoms with Crippen molar-refractivity contribution < 1.29 is 4.79 Å².